The largest absolute Gasteiger partial charge is 0.467 e. The second-order valence-corrected chi connectivity index (χ2v) is 6.05. The number of furan rings is 1. The fraction of sp³-hybridized carbons (Fsp3) is 0.462. The van der Waals surface area contributed by atoms with E-state index in [0.29, 0.717) is 12.2 Å². The molecule has 0 bridgehead atoms. The molecule has 0 aromatic carbocycles. The molecule has 0 aliphatic carbocycles. The number of aliphatic hydroxyl groups excluding tert-OH is 1. The molecule has 0 aliphatic rings. The normalized spacial score (nSPS) is 13.9. The van der Waals surface area contributed by atoms with Gasteiger partial charge in [0.15, 0.2) is 0 Å². The summed E-state index contributed by atoms with van der Waals surface area (Å²) in [7, 11) is 0. The molecule has 17 heavy (non-hydrogen) atoms. The van der Waals surface area contributed by atoms with Crippen molar-refractivity contribution in [3.8, 4) is 0 Å². The van der Waals surface area contributed by atoms with Gasteiger partial charge in [-0.15, -0.1) is 11.3 Å². The van der Waals surface area contributed by atoms with Crippen LogP contribution in [0.2, 0.25) is 0 Å². The lowest BCUT2D eigenvalue weighted by Crippen LogP contribution is -2.11. The molecular formula is C13H17NO2S. The van der Waals surface area contributed by atoms with Gasteiger partial charge in [0.1, 0.15) is 11.9 Å². The average molecular weight is 251 g/mol. The Morgan fingerprint density at radius 1 is 1.47 bits per heavy atom. The van der Waals surface area contributed by atoms with Gasteiger partial charge in [-0.2, -0.15) is 0 Å². The van der Waals surface area contributed by atoms with Gasteiger partial charge in [0.25, 0.3) is 0 Å². The third-order valence-corrected chi connectivity index (χ3v) is 3.43. The fourth-order valence-electron chi connectivity index (χ4n) is 1.50. The van der Waals surface area contributed by atoms with E-state index >= 15 is 0 Å². The predicted molar refractivity (Wildman–Crippen MR) is 68.2 cm³/mol. The number of nitrogens with zero attached hydrogens (tertiary/aromatic N) is 1. The minimum absolute atomic E-state index is 0.0599. The number of aromatic nitrogens is 1. The lowest BCUT2D eigenvalue weighted by Gasteiger charge is -2.14. The molecule has 1 unspecified atom stereocenters. The van der Waals surface area contributed by atoms with Crippen LogP contribution >= 0.6 is 11.3 Å². The monoisotopic (exact) mass is 251 g/mol. The molecule has 0 saturated carbocycles. The van der Waals surface area contributed by atoms with Crippen LogP contribution in [0.15, 0.2) is 28.2 Å². The van der Waals surface area contributed by atoms with E-state index in [9.17, 15) is 5.11 Å². The first-order valence-electron chi connectivity index (χ1n) is 5.63. The zero-order valence-electron chi connectivity index (χ0n) is 10.3. The van der Waals surface area contributed by atoms with Crippen LogP contribution in [0.3, 0.4) is 0 Å². The first kappa shape index (κ1) is 12.3. The maximum Gasteiger partial charge on any atom is 0.132 e. The Kier molecular flexibility index (Phi) is 3.35. The van der Waals surface area contributed by atoms with Gasteiger partial charge in [-0.3, -0.25) is 0 Å². The first-order valence-corrected chi connectivity index (χ1v) is 6.51. The van der Waals surface area contributed by atoms with E-state index < -0.39 is 6.10 Å². The van der Waals surface area contributed by atoms with E-state index in [1.165, 1.54) is 0 Å². The Morgan fingerprint density at radius 2 is 2.24 bits per heavy atom. The molecule has 0 spiro atoms. The van der Waals surface area contributed by atoms with Crippen LogP contribution in [0.25, 0.3) is 0 Å². The van der Waals surface area contributed by atoms with Crippen LogP contribution in [0.1, 0.15) is 43.3 Å². The molecule has 2 heterocycles. The number of rotatable bonds is 3. The van der Waals surface area contributed by atoms with E-state index in [1.807, 2.05) is 0 Å². The zero-order chi connectivity index (χ0) is 12.5. The van der Waals surface area contributed by atoms with Crippen molar-refractivity contribution in [3.05, 3.63) is 40.2 Å². The third kappa shape index (κ3) is 2.96. The fourth-order valence-corrected chi connectivity index (χ4v) is 2.56. The summed E-state index contributed by atoms with van der Waals surface area (Å²) < 4.78 is 5.17. The van der Waals surface area contributed by atoms with Gasteiger partial charge < -0.3 is 9.52 Å². The van der Waals surface area contributed by atoms with Gasteiger partial charge in [-0.1, -0.05) is 20.8 Å². The molecule has 4 heteroatoms. The smallest absolute Gasteiger partial charge is 0.132 e. The molecule has 2 aromatic heterocycles. The molecule has 0 fully saturated rings. The van der Waals surface area contributed by atoms with Crippen molar-refractivity contribution in [3.63, 3.8) is 0 Å². The maximum atomic E-state index is 9.95. The van der Waals surface area contributed by atoms with Gasteiger partial charge >= 0.3 is 0 Å². The molecule has 0 aliphatic heterocycles. The van der Waals surface area contributed by atoms with Crippen molar-refractivity contribution < 1.29 is 9.52 Å². The minimum atomic E-state index is -0.607. The van der Waals surface area contributed by atoms with Crippen molar-refractivity contribution in [1.29, 1.82) is 0 Å². The number of hydrogen-bond acceptors (Lipinski definition) is 4. The molecule has 3 nitrogen and oxygen atoms in total. The summed E-state index contributed by atoms with van der Waals surface area (Å²) in [5.41, 5.74) is 1.13. The lowest BCUT2D eigenvalue weighted by atomic mass is 9.93. The third-order valence-electron chi connectivity index (χ3n) is 2.56. The molecule has 1 N–H and O–H groups in total. The number of hydrogen-bond donors (Lipinski definition) is 1. The standard InChI is InChI=1S/C13H17NO2S/c1-13(2,3)11-8-17-12(14-11)7-9(15)10-5-4-6-16-10/h4-6,8-9,15H,7H2,1-3H3. The predicted octanol–water partition coefficient (Wildman–Crippen LogP) is 3.31. The van der Waals surface area contributed by atoms with Crippen molar-refractivity contribution in [2.75, 3.05) is 0 Å². The van der Waals surface area contributed by atoms with Crippen LogP contribution in [0.4, 0.5) is 0 Å². The molecule has 1 atom stereocenters. The molecule has 0 amide bonds. The summed E-state index contributed by atoms with van der Waals surface area (Å²) in [6.45, 7) is 6.40. The lowest BCUT2D eigenvalue weighted by molar-refractivity contribution is 0.150. The van der Waals surface area contributed by atoms with Crippen LogP contribution in [0.5, 0.6) is 0 Å². The molecule has 2 aromatic rings. The molecular weight excluding hydrogens is 234 g/mol. The highest BCUT2D eigenvalue weighted by molar-refractivity contribution is 7.09. The topological polar surface area (TPSA) is 46.3 Å². The Labute approximate surface area is 105 Å². The highest BCUT2D eigenvalue weighted by atomic mass is 32.1. The van der Waals surface area contributed by atoms with E-state index in [-0.39, 0.29) is 5.41 Å². The Balaban J connectivity index is 2.07. The van der Waals surface area contributed by atoms with Crippen LogP contribution in [-0.2, 0) is 11.8 Å². The number of aliphatic hydroxyl groups is 1. The summed E-state index contributed by atoms with van der Waals surface area (Å²) in [6.07, 6.45) is 1.47. The molecule has 0 radical (unpaired) electrons. The van der Waals surface area contributed by atoms with Gasteiger partial charge in [0.05, 0.1) is 17.0 Å². The second-order valence-electron chi connectivity index (χ2n) is 5.11. The van der Waals surface area contributed by atoms with Crippen LogP contribution in [0, 0.1) is 0 Å². The average Bonchev–Trinajstić information content (AvgIpc) is 2.85. The quantitative estimate of drug-likeness (QED) is 0.910. The Bertz CT molecular complexity index is 468. The first-order chi connectivity index (χ1) is 7.97. The highest BCUT2D eigenvalue weighted by Gasteiger charge is 2.19. The van der Waals surface area contributed by atoms with Crippen molar-refractivity contribution in [1.82, 2.24) is 4.98 Å². The van der Waals surface area contributed by atoms with Gasteiger partial charge in [-0.05, 0) is 12.1 Å². The minimum Gasteiger partial charge on any atom is -0.467 e. The SMILES string of the molecule is CC(C)(C)c1csc(CC(O)c2ccco2)n1. The van der Waals surface area contributed by atoms with E-state index in [4.69, 9.17) is 4.42 Å². The molecule has 0 saturated heterocycles. The summed E-state index contributed by atoms with van der Waals surface area (Å²) in [4.78, 5) is 4.55. The molecule has 92 valence electrons. The van der Waals surface area contributed by atoms with Gasteiger partial charge in [0.2, 0.25) is 0 Å². The summed E-state index contributed by atoms with van der Waals surface area (Å²) in [6, 6.07) is 3.56. The van der Waals surface area contributed by atoms with E-state index in [0.717, 1.165) is 10.7 Å². The highest BCUT2D eigenvalue weighted by Crippen LogP contribution is 2.26. The van der Waals surface area contributed by atoms with E-state index in [2.05, 4.69) is 31.1 Å². The summed E-state index contributed by atoms with van der Waals surface area (Å²) in [5.74, 6) is 0.595. The van der Waals surface area contributed by atoms with Crippen molar-refractivity contribution in [2.45, 2.75) is 38.7 Å². The van der Waals surface area contributed by atoms with Gasteiger partial charge in [-0.25, -0.2) is 4.98 Å². The van der Waals surface area contributed by atoms with Crippen molar-refractivity contribution >= 4 is 11.3 Å². The number of thiazole rings is 1. The van der Waals surface area contributed by atoms with Crippen molar-refractivity contribution in [2.24, 2.45) is 0 Å². The van der Waals surface area contributed by atoms with Crippen LogP contribution in [-0.4, -0.2) is 10.1 Å². The Morgan fingerprint density at radius 3 is 2.76 bits per heavy atom. The summed E-state index contributed by atoms with van der Waals surface area (Å²) >= 11 is 1.59. The van der Waals surface area contributed by atoms with Crippen LogP contribution < -0.4 is 0 Å². The summed E-state index contributed by atoms with van der Waals surface area (Å²) in [5, 5.41) is 13.0. The van der Waals surface area contributed by atoms with E-state index in [1.54, 1.807) is 29.7 Å². The maximum absolute atomic E-state index is 9.95. The molecule has 2 rings (SSSR count). The zero-order valence-corrected chi connectivity index (χ0v) is 11.1. The van der Waals surface area contributed by atoms with Gasteiger partial charge in [0, 0.05) is 17.2 Å². The second kappa shape index (κ2) is 4.63. The Hall–Kier alpha value is -1.13.